The summed E-state index contributed by atoms with van der Waals surface area (Å²) in [5.74, 6) is 1.74. The maximum atomic E-state index is 12.8. The molecule has 35 heavy (non-hydrogen) atoms. The fourth-order valence-electron chi connectivity index (χ4n) is 4.35. The molecule has 1 aliphatic rings. The number of nitrogens with one attached hydrogen (secondary N) is 1. The molecule has 1 saturated heterocycles. The molecule has 0 aliphatic carbocycles. The van der Waals surface area contributed by atoms with E-state index in [9.17, 15) is 9.59 Å². The van der Waals surface area contributed by atoms with Gasteiger partial charge in [0.2, 0.25) is 5.91 Å². The molecule has 0 spiro atoms. The van der Waals surface area contributed by atoms with Crippen LogP contribution in [-0.2, 0) is 4.79 Å². The molecule has 0 unspecified atom stereocenters. The molecular formula is C29H40N2O4. The van der Waals surface area contributed by atoms with Gasteiger partial charge < -0.3 is 19.7 Å². The Balaban J connectivity index is 1.48. The lowest BCUT2D eigenvalue weighted by Crippen LogP contribution is -2.36. The number of Topliss-reactive ketones (excluding diaryl/α,β-unsaturated/α-hetero) is 1. The van der Waals surface area contributed by atoms with Crippen LogP contribution in [0.25, 0.3) is 0 Å². The zero-order valence-corrected chi connectivity index (χ0v) is 21.3. The molecular weight excluding hydrogens is 440 g/mol. The van der Waals surface area contributed by atoms with Gasteiger partial charge in [-0.25, -0.2) is 0 Å². The van der Waals surface area contributed by atoms with E-state index in [4.69, 9.17) is 9.47 Å². The van der Waals surface area contributed by atoms with Crippen LogP contribution < -0.4 is 14.8 Å². The number of carbonyl (C=O) groups is 2. The summed E-state index contributed by atoms with van der Waals surface area (Å²) in [4.78, 5) is 27.6. The van der Waals surface area contributed by atoms with Crippen molar-refractivity contribution >= 4 is 11.7 Å². The second kappa shape index (κ2) is 14.5. The summed E-state index contributed by atoms with van der Waals surface area (Å²) in [6.07, 6.45) is 6.83. The second-order valence-electron chi connectivity index (χ2n) is 9.26. The van der Waals surface area contributed by atoms with Crippen molar-refractivity contribution in [3.63, 3.8) is 0 Å². The van der Waals surface area contributed by atoms with Gasteiger partial charge in [0.05, 0.1) is 19.8 Å². The largest absolute Gasteiger partial charge is 0.497 e. The van der Waals surface area contributed by atoms with E-state index in [-0.39, 0.29) is 17.7 Å². The molecule has 3 rings (SSSR count). The Kier molecular flexibility index (Phi) is 11.1. The summed E-state index contributed by atoms with van der Waals surface area (Å²) in [5.41, 5.74) is 1.78. The fourth-order valence-corrected chi connectivity index (χ4v) is 4.35. The van der Waals surface area contributed by atoms with Crippen LogP contribution in [0.1, 0.15) is 80.3 Å². The number of ether oxygens (including phenoxy) is 2. The van der Waals surface area contributed by atoms with Crippen LogP contribution in [-0.4, -0.2) is 49.9 Å². The highest BCUT2D eigenvalue weighted by molar-refractivity contribution is 5.96. The van der Waals surface area contributed by atoms with E-state index in [0.29, 0.717) is 31.2 Å². The van der Waals surface area contributed by atoms with Crippen molar-refractivity contribution in [2.75, 3.05) is 33.4 Å². The molecule has 6 heteroatoms. The number of amides is 1. The first-order valence-corrected chi connectivity index (χ1v) is 13.0. The van der Waals surface area contributed by atoms with Crippen molar-refractivity contribution in [2.45, 2.75) is 64.3 Å². The minimum atomic E-state index is -0.0498. The number of hydrogen-bond donors (Lipinski definition) is 1. The minimum Gasteiger partial charge on any atom is -0.497 e. The van der Waals surface area contributed by atoms with Crippen LogP contribution in [0.4, 0.5) is 0 Å². The van der Waals surface area contributed by atoms with Gasteiger partial charge in [-0.2, -0.15) is 0 Å². The van der Waals surface area contributed by atoms with E-state index in [0.717, 1.165) is 56.1 Å². The predicted octanol–water partition coefficient (Wildman–Crippen LogP) is 5.57. The van der Waals surface area contributed by atoms with Crippen molar-refractivity contribution < 1.29 is 19.1 Å². The van der Waals surface area contributed by atoms with Gasteiger partial charge in [0, 0.05) is 24.9 Å². The summed E-state index contributed by atoms with van der Waals surface area (Å²) in [7, 11) is 1.61. The Labute approximate surface area is 210 Å². The molecule has 1 N–H and O–H groups in total. The molecule has 2 aromatic rings. The number of methoxy groups -OCH3 is 1. The molecule has 0 radical (unpaired) electrons. The van der Waals surface area contributed by atoms with E-state index >= 15 is 0 Å². The molecule has 190 valence electrons. The Morgan fingerprint density at radius 3 is 2.23 bits per heavy atom. The lowest BCUT2D eigenvalue weighted by atomic mass is 10.0. The lowest BCUT2D eigenvalue weighted by molar-refractivity contribution is -0.122. The normalized spacial score (nSPS) is 14.5. The molecule has 2 aromatic carbocycles. The van der Waals surface area contributed by atoms with Crippen LogP contribution in [0.2, 0.25) is 0 Å². The number of hydrogen-bond acceptors (Lipinski definition) is 5. The van der Waals surface area contributed by atoms with Crippen molar-refractivity contribution in [3.8, 4) is 11.5 Å². The van der Waals surface area contributed by atoms with Gasteiger partial charge in [-0.05, 0) is 87.2 Å². The quantitative estimate of drug-likeness (QED) is 0.267. The van der Waals surface area contributed by atoms with Crippen LogP contribution in [0.5, 0.6) is 11.5 Å². The SMILES string of the molecule is CCCCOc1ccc([C@H](CN2CCCC2)NC(=O)CCCCC(=O)c2ccc(OC)cc2)cc1. The maximum absolute atomic E-state index is 12.8. The van der Waals surface area contributed by atoms with Gasteiger partial charge in [0.25, 0.3) is 0 Å². The molecule has 6 nitrogen and oxygen atoms in total. The summed E-state index contributed by atoms with van der Waals surface area (Å²) in [6, 6.07) is 15.2. The molecule has 1 heterocycles. The monoisotopic (exact) mass is 480 g/mol. The highest BCUT2D eigenvalue weighted by Gasteiger charge is 2.21. The van der Waals surface area contributed by atoms with Crippen molar-refractivity contribution in [3.05, 3.63) is 59.7 Å². The van der Waals surface area contributed by atoms with Crippen LogP contribution in [0.3, 0.4) is 0 Å². The van der Waals surface area contributed by atoms with E-state index in [1.807, 2.05) is 12.1 Å². The first-order valence-electron chi connectivity index (χ1n) is 13.0. The van der Waals surface area contributed by atoms with E-state index in [2.05, 4.69) is 29.3 Å². The zero-order valence-electron chi connectivity index (χ0n) is 21.3. The van der Waals surface area contributed by atoms with Crippen molar-refractivity contribution in [2.24, 2.45) is 0 Å². The maximum Gasteiger partial charge on any atom is 0.220 e. The van der Waals surface area contributed by atoms with E-state index in [1.54, 1.807) is 31.4 Å². The summed E-state index contributed by atoms with van der Waals surface area (Å²) >= 11 is 0. The Morgan fingerprint density at radius 2 is 1.57 bits per heavy atom. The Bertz CT molecular complexity index is 905. The lowest BCUT2D eigenvalue weighted by Gasteiger charge is -2.25. The highest BCUT2D eigenvalue weighted by Crippen LogP contribution is 2.22. The third kappa shape index (κ3) is 9.02. The highest BCUT2D eigenvalue weighted by atomic mass is 16.5. The Hall–Kier alpha value is -2.86. The molecule has 0 aromatic heterocycles. The third-order valence-corrected chi connectivity index (χ3v) is 6.49. The number of nitrogens with zero attached hydrogens (tertiary/aromatic N) is 1. The number of benzene rings is 2. The second-order valence-corrected chi connectivity index (χ2v) is 9.26. The number of ketones is 1. The van der Waals surface area contributed by atoms with Gasteiger partial charge in [-0.1, -0.05) is 25.5 Å². The zero-order chi connectivity index (χ0) is 24.9. The minimum absolute atomic E-state index is 0.0364. The number of unbranched alkanes of at least 4 members (excludes halogenated alkanes) is 2. The van der Waals surface area contributed by atoms with E-state index < -0.39 is 0 Å². The van der Waals surface area contributed by atoms with Gasteiger partial charge in [0.1, 0.15) is 11.5 Å². The average molecular weight is 481 g/mol. The molecule has 0 bridgehead atoms. The summed E-state index contributed by atoms with van der Waals surface area (Å²) in [6.45, 7) is 5.86. The van der Waals surface area contributed by atoms with Gasteiger partial charge in [0.15, 0.2) is 5.78 Å². The van der Waals surface area contributed by atoms with Crippen molar-refractivity contribution in [1.29, 1.82) is 0 Å². The number of rotatable bonds is 15. The molecule has 1 fully saturated rings. The first kappa shape index (κ1) is 26.7. The van der Waals surface area contributed by atoms with Crippen LogP contribution >= 0.6 is 0 Å². The smallest absolute Gasteiger partial charge is 0.220 e. The predicted molar refractivity (Wildman–Crippen MR) is 139 cm³/mol. The average Bonchev–Trinajstić information content (AvgIpc) is 3.40. The molecule has 0 saturated carbocycles. The van der Waals surface area contributed by atoms with Crippen LogP contribution in [0, 0.1) is 0 Å². The summed E-state index contributed by atoms with van der Waals surface area (Å²) in [5, 5.41) is 3.24. The van der Waals surface area contributed by atoms with Crippen LogP contribution in [0.15, 0.2) is 48.5 Å². The van der Waals surface area contributed by atoms with Gasteiger partial charge in [-0.15, -0.1) is 0 Å². The summed E-state index contributed by atoms with van der Waals surface area (Å²) < 4.78 is 10.9. The topological polar surface area (TPSA) is 67.9 Å². The van der Waals surface area contributed by atoms with Gasteiger partial charge in [-0.3, -0.25) is 9.59 Å². The number of carbonyl (C=O) groups excluding carboxylic acids is 2. The van der Waals surface area contributed by atoms with Gasteiger partial charge >= 0.3 is 0 Å². The van der Waals surface area contributed by atoms with Crippen molar-refractivity contribution in [1.82, 2.24) is 10.2 Å². The standard InChI is InChI=1S/C29H40N2O4/c1-3-4-21-35-26-17-11-23(12-18-26)27(22-31-19-7-8-20-31)30-29(33)10-6-5-9-28(32)24-13-15-25(34-2)16-14-24/h11-18,27H,3-10,19-22H2,1-2H3,(H,30,33)/t27-/m0/s1. The Morgan fingerprint density at radius 1 is 0.914 bits per heavy atom. The fraction of sp³-hybridized carbons (Fsp3) is 0.517. The van der Waals surface area contributed by atoms with E-state index in [1.165, 1.54) is 12.8 Å². The molecule has 1 atom stereocenters. The first-order chi connectivity index (χ1) is 17.1. The number of likely N-dealkylation sites (tertiary alicyclic amines) is 1. The molecule has 1 aliphatic heterocycles. The molecule has 1 amide bonds. The third-order valence-electron chi connectivity index (χ3n) is 6.49.